The van der Waals surface area contributed by atoms with Crippen LogP contribution in [0.2, 0.25) is 0 Å². The molecule has 14 heavy (non-hydrogen) atoms. The molecular weight excluding hydrogens is 174 g/mol. The Bertz CT molecular complexity index is 277. The van der Waals surface area contributed by atoms with E-state index in [-0.39, 0.29) is 5.41 Å². The molecule has 0 aromatic carbocycles. The highest BCUT2D eigenvalue weighted by molar-refractivity contribution is 5.20. The van der Waals surface area contributed by atoms with Crippen molar-refractivity contribution in [2.45, 2.75) is 58.0 Å². The van der Waals surface area contributed by atoms with E-state index in [4.69, 9.17) is 0 Å². The maximum atomic E-state index is 10.6. The molecule has 0 radical (unpaired) electrons. The number of nitriles is 1. The average molecular weight is 193 g/mol. The topological polar surface area (TPSA) is 44.0 Å². The lowest BCUT2D eigenvalue weighted by molar-refractivity contribution is -0.0911. The first kappa shape index (κ1) is 9.98. The van der Waals surface area contributed by atoms with Gasteiger partial charge in [-0.1, -0.05) is 19.8 Å². The van der Waals surface area contributed by atoms with Crippen LogP contribution in [0.25, 0.3) is 0 Å². The first-order valence-corrected chi connectivity index (χ1v) is 5.61. The monoisotopic (exact) mass is 193 g/mol. The van der Waals surface area contributed by atoms with Gasteiger partial charge in [0.25, 0.3) is 0 Å². The minimum absolute atomic E-state index is 0.00701. The van der Waals surface area contributed by atoms with E-state index in [1.54, 1.807) is 0 Å². The molecule has 1 atom stereocenters. The van der Waals surface area contributed by atoms with E-state index >= 15 is 0 Å². The smallest absolute Gasteiger partial charge is 0.0862 e. The van der Waals surface area contributed by atoms with Gasteiger partial charge in [-0.3, -0.25) is 0 Å². The minimum atomic E-state index is -0.786. The molecule has 2 aliphatic carbocycles. The standard InChI is InChI=1S/C12H19NO/c1-10(7-8-10)11(2,14)12(9-13)5-3-4-6-12/h14H,3-8H2,1-2H3. The van der Waals surface area contributed by atoms with E-state index in [1.807, 2.05) is 6.92 Å². The fourth-order valence-electron chi connectivity index (χ4n) is 2.94. The third kappa shape index (κ3) is 1.05. The van der Waals surface area contributed by atoms with Gasteiger partial charge >= 0.3 is 0 Å². The van der Waals surface area contributed by atoms with E-state index in [0.29, 0.717) is 0 Å². The summed E-state index contributed by atoms with van der Waals surface area (Å²) in [6.07, 6.45) is 6.10. The van der Waals surface area contributed by atoms with Crippen LogP contribution in [0.3, 0.4) is 0 Å². The third-order valence-corrected chi connectivity index (χ3v) is 4.78. The summed E-state index contributed by atoms with van der Waals surface area (Å²) in [6, 6.07) is 2.41. The fourth-order valence-corrected chi connectivity index (χ4v) is 2.94. The maximum Gasteiger partial charge on any atom is 0.0862 e. The molecule has 2 rings (SSSR count). The van der Waals surface area contributed by atoms with Crippen LogP contribution in [0, 0.1) is 22.2 Å². The molecule has 2 aliphatic rings. The Balaban J connectivity index is 2.31. The van der Waals surface area contributed by atoms with Crippen LogP contribution in [-0.4, -0.2) is 10.7 Å². The number of nitrogens with zero attached hydrogens (tertiary/aromatic N) is 1. The summed E-state index contributed by atoms with van der Waals surface area (Å²) in [5, 5.41) is 20.0. The third-order valence-electron chi connectivity index (χ3n) is 4.78. The van der Waals surface area contributed by atoms with Crippen molar-refractivity contribution >= 4 is 0 Å². The van der Waals surface area contributed by atoms with Crippen molar-refractivity contribution in [2.75, 3.05) is 0 Å². The molecule has 0 spiro atoms. The predicted molar refractivity (Wildman–Crippen MR) is 54.5 cm³/mol. The van der Waals surface area contributed by atoms with Crippen LogP contribution in [0.5, 0.6) is 0 Å². The van der Waals surface area contributed by atoms with E-state index in [1.165, 1.54) is 0 Å². The molecule has 78 valence electrons. The number of aliphatic hydroxyl groups is 1. The quantitative estimate of drug-likeness (QED) is 0.732. The first-order chi connectivity index (χ1) is 6.47. The second-order valence-corrected chi connectivity index (χ2v) is 5.53. The Morgan fingerprint density at radius 1 is 1.21 bits per heavy atom. The highest BCUT2D eigenvalue weighted by atomic mass is 16.3. The largest absolute Gasteiger partial charge is 0.388 e. The Morgan fingerprint density at radius 2 is 1.71 bits per heavy atom. The number of hydrogen-bond acceptors (Lipinski definition) is 2. The summed E-state index contributed by atoms with van der Waals surface area (Å²) in [5.74, 6) is 0. The minimum Gasteiger partial charge on any atom is -0.388 e. The van der Waals surface area contributed by atoms with Gasteiger partial charge in [0.15, 0.2) is 0 Å². The van der Waals surface area contributed by atoms with Crippen LogP contribution in [0.15, 0.2) is 0 Å². The van der Waals surface area contributed by atoms with Gasteiger partial charge < -0.3 is 5.11 Å². The van der Waals surface area contributed by atoms with Crippen molar-refractivity contribution in [3.05, 3.63) is 0 Å². The molecule has 0 bridgehead atoms. The van der Waals surface area contributed by atoms with Crippen LogP contribution >= 0.6 is 0 Å². The average Bonchev–Trinajstić information content (AvgIpc) is 2.74. The Kier molecular flexibility index (Phi) is 1.95. The second kappa shape index (κ2) is 2.73. The SMILES string of the molecule is CC1(C(C)(O)C2(C#N)CCCC2)CC1. The molecule has 2 fully saturated rings. The lowest BCUT2D eigenvalue weighted by atomic mass is 9.65. The summed E-state index contributed by atoms with van der Waals surface area (Å²) in [7, 11) is 0. The second-order valence-electron chi connectivity index (χ2n) is 5.53. The molecule has 0 heterocycles. The van der Waals surface area contributed by atoms with Crippen LogP contribution < -0.4 is 0 Å². The zero-order valence-corrected chi connectivity index (χ0v) is 9.14. The predicted octanol–water partition coefficient (Wildman–Crippen LogP) is 2.62. The van der Waals surface area contributed by atoms with E-state index in [2.05, 4.69) is 13.0 Å². The van der Waals surface area contributed by atoms with Gasteiger partial charge in [-0.25, -0.2) is 0 Å². The number of rotatable bonds is 2. The molecular formula is C12H19NO. The van der Waals surface area contributed by atoms with Crippen molar-refractivity contribution < 1.29 is 5.11 Å². The molecule has 0 aromatic rings. The van der Waals surface area contributed by atoms with Gasteiger partial charge in [-0.2, -0.15) is 5.26 Å². The highest BCUT2D eigenvalue weighted by Gasteiger charge is 2.63. The van der Waals surface area contributed by atoms with Gasteiger partial charge in [0.2, 0.25) is 0 Å². The van der Waals surface area contributed by atoms with Crippen molar-refractivity contribution in [1.82, 2.24) is 0 Å². The summed E-state index contributed by atoms with van der Waals surface area (Å²) < 4.78 is 0. The van der Waals surface area contributed by atoms with Crippen LogP contribution in [-0.2, 0) is 0 Å². The van der Waals surface area contributed by atoms with E-state index in [9.17, 15) is 10.4 Å². The Labute approximate surface area is 85.9 Å². The maximum absolute atomic E-state index is 10.6. The van der Waals surface area contributed by atoms with Gasteiger partial charge in [0, 0.05) is 0 Å². The lowest BCUT2D eigenvalue weighted by Crippen LogP contribution is -2.49. The molecule has 0 aliphatic heterocycles. The van der Waals surface area contributed by atoms with Gasteiger partial charge in [-0.05, 0) is 38.0 Å². The molecule has 2 heteroatoms. The highest BCUT2D eigenvalue weighted by Crippen LogP contribution is 2.63. The summed E-state index contributed by atoms with van der Waals surface area (Å²) in [5.41, 5.74) is -1.24. The molecule has 0 aromatic heterocycles. The van der Waals surface area contributed by atoms with Crippen molar-refractivity contribution in [2.24, 2.45) is 10.8 Å². The Morgan fingerprint density at radius 3 is 2.07 bits per heavy atom. The molecule has 2 saturated carbocycles. The number of hydrogen-bond donors (Lipinski definition) is 1. The van der Waals surface area contributed by atoms with Gasteiger partial charge in [-0.15, -0.1) is 0 Å². The van der Waals surface area contributed by atoms with Gasteiger partial charge in [0.1, 0.15) is 0 Å². The Hall–Kier alpha value is -0.550. The molecule has 1 N–H and O–H groups in total. The van der Waals surface area contributed by atoms with Crippen molar-refractivity contribution in [3.63, 3.8) is 0 Å². The first-order valence-electron chi connectivity index (χ1n) is 5.61. The van der Waals surface area contributed by atoms with E-state index < -0.39 is 11.0 Å². The van der Waals surface area contributed by atoms with Crippen LogP contribution in [0.1, 0.15) is 52.4 Å². The lowest BCUT2D eigenvalue weighted by Gasteiger charge is -2.42. The van der Waals surface area contributed by atoms with Gasteiger partial charge in [0.05, 0.1) is 17.1 Å². The summed E-state index contributed by atoms with van der Waals surface area (Å²) >= 11 is 0. The van der Waals surface area contributed by atoms with Crippen LogP contribution in [0.4, 0.5) is 0 Å². The van der Waals surface area contributed by atoms with Crippen molar-refractivity contribution in [3.8, 4) is 6.07 Å². The zero-order valence-electron chi connectivity index (χ0n) is 9.14. The summed E-state index contributed by atoms with van der Waals surface area (Å²) in [4.78, 5) is 0. The molecule has 0 amide bonds. The molecule has 0 saturated heterocycles. The summed E-state index contributed by atoms with van der Waals surface area (Å²) in [6.45, 7) is 4.00. The van der Waals surface area contributed by atoms with Crippen molar-refractivity contribution in [1.29, 1.82) is 5.26 Å². The fraction of sp³-hybridized carbons (Fsp3) is 0.917. The van der Waals surface area contributed by atoms with E-state index in [0.717, 1.165) is 38.5 Å². The zero-order chi connectivity index (χ0) is 10.4. The molecule has 2 nitrogen and oxygen atoms in total. The normalized spacial score (nSPS) is 31.9. The molecule has 1 unspecified atom stereocenters.